The highest BCUT2D eigenvalue weighted by atomic mass is 16.5. The van der Waals surface area contributed by atoms with Crippen molar-refractivity contribution in [3.8, 4) is 0 Å². The molecule has 1 amide bonds. The van der Waals surface area contributed by atoms with Crippen LogP contribution in [0.4, 0.5) is 4.79 Å². The molecule has 1 aliphatic rings. The Morgan fingerprint density at radius 3 is 2.95 bits per heavy atom. The first-order valence-corrected chi connectivity index (χ1v) is 6.45. The van der Waals surface area contributed by atoms with Crippen molar-refractivity contribution in [3.63, 3.8) is 0 Å². The van der Waals surface area contributed by atoms with Gasteiger partial charge < -0.3 is 10.1 Å². The second-order valence-corrected chi connectivity index (χ2v) is 4.44. The summed E-state index contributed by atoms with van der Waals surface area (Å²) in [6.45, 7) is 3.59. The van der Waals surface area contributed by atoms with Crippen LogP contribution in [0.15, 0.2) is 29.3 Å². The van der Waals surface area contributed by atoms with Crippen molar-refractivity contribution in [2.45, 2.75) is 19.3 Å². The molecular formula is C14H19N3O2. The van der Waals surface area contributed by atoms with E-state index in [0.29, 0.717) is 18.4 Å². The van der Waals surface area contributed by atoms with Gasteiger partial charge in [-0.2, -0.15) is 0 Å². The number of nitrogens with zero attached hydrogens (tertiary/aromatic N) is 1. The minimum atomic E-state index is -0.501. The highest BCUT2D eigenvalue weighted by molar-refractivity contribution is 5.94. The lowest BCUT2D eigenvalue weighted by atomic mass is 9.92. The van der Waals surface area contributed by atoms with Crippen molar-refractivity contribution in [2.75, 3.05) is 20.2 Å². The summed E-state index contributed by atoms with van der Waals surface area (Å²) < 4.78 is 4.53. The molecule has 1 aromatic rings. The molecule has 19 heavy (non-hydrogen) atoms. The molecule has 0 saturated heterocycles. The first kappa shape index (κ1) is 13.4. The molecule has 2 N–H and O–H groups in total. The van der Waals surface area contributed by atoms with Crippen molar-refractivity contribution < 1.29 is 9.53 Å². The molecule has 1 aromatic carbocycles. The lowest BCUT2D eigenvalue weighted by Crippen LogP contribution is -2.45. The lowest BCUT2D eigenvalue weighted by molar-refractivity contribution is 0.176. The topological polar surface area (TPSA) is 62.7 Å². The average molecular weight is 261 g/mol. The summed E-state index contributed by atoms with van der Waals surface area (Å²) in [4.78, 5) is 15.4. The van der Waals surface area contributed by atoms with Crippen LogP contribution in [0.25, 0.3) is 0 Å². The highest BCUT2D eigenvalue weighted by Crippen LogP contribution is 2.22. The van der Waals surface area contributed by atoms with Crippen molar-refractivity contribution in [1.29, 1.82) is 0 Å². The van der Waals surface area contributed by atoms with E-state index < -0.39 is 6.09 Å². The predicted octanol–water partition coefficient (Wildman–Crippen LogP) is 1.65. The molecule has 5 heteroatoms. The molecule has 0 aliphatic carbocycles. The van der Waals surface area contributed by atoms with Crippen molar-refractivity contribution in [2.24, 2.45) is 4.99 Å². The Hall–Kier alpha value is -2.04. The van der Waals surface area contributed by atoms with E-state index in [9.17, 15) is 4.79 Å². The van der Waals surface area contributed by atoms with E-state index in [1.807, 2.05) is 0 Å². The van der Waals surface area contributed by atoms with Crippen LogP contribution in [0.2, 0.25) is 0 Å². The lowest BCUT2D eigenvalue weighted by Gasteiger charge is -2.24. The molecule has 0 fully saturated rings. The van der Waals surface area contributed by atoms with Gasteiger partial charge in [0.25, 0.3) is 0 Å². The summed E-state index contributed by atoms with van der Waals surface area (Å²) in [7, 11) is 1.33. The van der Waals surface area contributed by atoms with E-state index in [1.54, 1.807) is 0 Å². The van der Waals surface area contributed by atoms with Gasteiger partial charge in [0.1, 0.15) is 0 Å². The quantitative estimate of drug-likeness (QED) is 0.851. The number of aryl methyl sites for hydroxylation is 1. The van der Waals surface area contributed by atoms with Crippen molar-refractivity contribution in [3.05, 3.63) is 35.4 Å². The summed E-state index contributed by atoms with van der Waals surface area (Å²) in [5.41, 5.74) is 2.69. The maximum Gasteiger partial charge on any atom is 0.413 e. The number of aliphatic imine (C=N–C) groups is 1. The number of rotatable bonds is 2. The van der Waals surface area contributed by atoms with E-state index in [1.165, 1.54) is 18.2 Å². The van der Waals surface area contributed by atoms with Crippen LogP contribution in [-0.2, 0) is 11.2 Å². The number of hydrogen-bond acceptors (Lipinski definition) is 4. The number of carbonyl (C=O) groups excluding carboxylic acids is 1. The molecule has 1 atom stereocenters. The number of methoxy groups -OCH3 is 1. The summed E-state index contributed by atoms with van der Waals surface area (Å²) in [5, 5.41) is 5.67. The second kappa shape index (κ2) is 6.22. The number of alkyl carbamates (subject to hydrolysis) is 1. The first-order valence-electron chi connectivity index (χ1n) is 6.45. The van der Waals surface area contributed by atoms with E-state index >= 15 is 0 Å². The molecule has 5 nitrogen and oxygen atoms in total. The van der Waals surface area contributed by atoms with Crippen molar-refractivity contribution >= 4 is 12.1 Å². The van der Waals surface area contributed by atoms with Crippen LogP contribution >= 0.6 is 0 Å². The Bertz CT molecular complexity index is 485. The van der Waals surface area contributed by atoms with Gasteiger partial charge in [-0.3, -0.25) is 10.3 Å². The van der Waals surface area contributed by atoms with E-state index in [0.717, 1.165) is 13.0 Å². The monoisotopic (exact) mass is 261 g/mol. The Balaban J connectivity index is 2.04. The van der Waals surface area contributed by atoms with Gasteiger partial charge in [0.2, 0.25) is 5.96 Å². The average Bonchev–Trinajstić information content (AvgIpc) is 2.48. The zero-order chi connectivity index (χ0) is 13.7. The first-order chi connectivity index (χ1) is 9.24. The molecule has 2 rings (SSSR count). The fraction of sp³-hybridized carbons (Fsp3) is 0.429. The molecule has 1 aliphatic heterocycles. The van der Waals surface area contributed by atoms with Crippen LogP contribution < -0.4 is 10.6 Å². The number of amides is 1. The Labute approximate surface area is 113 Å². The number of carbonyl (C=O) groups is 1. The Morgan fingerprint density at radius 2 is 2.32 bits per heavy atom. The molecule has 0 spiro atoms. The third kappa shape index (κ3) is 3.24. The minimum absolute atomic E-state index is 0.347. The number of guanidine groups is 1. The highest BCUT2D eigenvalue weighted by Gasteiger charge is 2.19. The number of benzene rings is 1. The second-order valence-electron chi connectivity index (χ2n) is 4.44. The van der Waals surface area contributed by atoms with Crippen LogP contribution in [0.3, 0.4) is 0 Å². The minimum Gasteiger partial charge on any atom is -0.453 e. The van der Waals surface area contributed by atoms with Crippen LogP contribution in [-0.4, -0.2) is 32.3 Å². The zero-order valence-electron chi connectivity index (χ0n) is 11.3. The smallest absolute Gasteiger partial charge is 0.413 e. The van der Waals surface area contributed by atoms with Gasteiger partial charge in [0.05, 0.1) is 13.7 Å². The van der Waals surface area contributed by atoms with E-state index in [2.05, 4.69) is 51.6 Å². The fourth-order valence-corrected chi connectivity index (χ4v) is 2.24. The van der Waals surface area contributed by atoms with Gasteiger partial charge in [-0.1, -0.05) is 31.2 Å². The van der Waals surface area contributed by atoms with Gasteiger partial charge in [-0.25, -0.2) is 4.79 Å². The summed E-state index contributed by atoms with van der Waals surface area (Å²) in [5.74, 6) is 0.830. The molecule has 1 unspecified atom stereocenters. The summed E-state index contributed by atoms with van der Waals surface area (Å²) in [6.07, 6.45) is 0.516. The van der Waals surface area contributed by atoms with E-state index in [4.69, 9.17) is 0 Å². The molecule has 0 radical (unpaired) electrons. The normalized spacial score (nSPS) is 18.2. The van der Waals surface area contributed by atoms with Gasteiger partial charge in [-0.05, 0) is 17.5 Å². The van der Waals surface area contributed by atoms with E-state index in [-0.39, 0.29) is 0 Å². The molecule has 102 valence electrons. The van der Waals surface area contributed by atoms with Crippen LogP contribution in [0.5, 0.6) is 0 Å². The maximum atomic E-state index is 11.1. The largest absolute Gasteiger partial charge is 0.453 e. The fourth-order valence-electron chi connectivity index (χ4n) is 2.24. The molecule has 0 aromatic heterocycles. The van der Waals surface area contributed by atoms with Crippen LogP contribution in [0, 0.1) is 0 Å². The third-order valence-corrected chi connectivity index (χ3v) is 3.27. The molecule has 0 saturated carbocycles. The zero-order valence-corrected chi connectivity index (χ0v) is 11.3. The number of ether oxygens (including phenoxy) is 1. The standard InChI is InChI=1S/C14H19N3O2/c1-3-10-6-4-5-7-12(10)11-8-15-13(16-9-11)17-14(18)19-2/h4-7,11H,3,8-9H2,1-2H3,(H2,15,16,17,18). The van der Waals surface area contributed by atoms with Gasteiger partial charge in [-0.15, -0.1) is 0 Å². The maximum absolute atomic E-state index is 11.1. The molecule has 0 bridgehead atoms. The van der Waals surface area contributed by atoms with Crippen LogP contribution in [0.1, 0.15) is 24.0 Å². The number of hydrogen-bond donors (Lipinski definition) is 2. The van der Waals surface area contributed by atoms with Gasteiger partial charge >= 0.3 is 6.09 Å². The third-order valence-electron chi connectivity index (χ3n) is 3.27. The van der Waals surface area contributed by atoms with Gasteiger partial charge in [0, 0.05) is 12.5 Å². The number of nitrogens with one attached hydrogen (secondary N) is 2. The molecule has 1 heterocycles. The summed E-state index contributed by atoms with van der Waals surface area (Å²) >= 11 is 0. The molecular weight excluding hydrogens is 242 g/mol. The Morgan fingerprint density at radius 1 is 1.53 bits per heavy atom. The summed E-state index contributed by atoms with van der Waals surface area (Å²) in [6, 6.07) is 8.42. The SMILES string of the molecule is CCc1ccccc1C1CN=C(NC(=O)OC)NC1. The predicted molar refractivity (Wildman–Crippen MR) is 74.4 cm³/mol. The van der Waals surface area contributed by atoms with Crippen molar-refractivity contribution in [1.82, 2.24) is 10.6 Å². The Kier molecular flexibility index (Phi) is 4.39. The van der Waals surface area contributed by atoms with Gasteiger partial charge in [0.15, 0.2) is 0 Å².